The van der Waals surface area contributed by atoms with Crippen LogP contribution in [0.25, 0.3) is 0 Å². The van der Waals surface area contributed by atoms with Crippen LogP contribution in [0.3, 0.4) is 0 Å². The van der Waals surface area contributed by atoms with E-state index in [0.717, 1.165) is 56.3 Å². The molecule has 0 atom stereocenters. The molecule has 1 aliphatic heterocycles. The molecule has 1 saturated heterocycles. The number of methoxy groups -OCH3 is 1. The van der Waals surface area contributed by atoms with Gasteiger partial charge in [-0.1, -0.05) is 12.1 Å². The first kappa shape index (κ1) is 18.5. The maximum absolute atomic E-state index is 10.1. The highest BCUT2D eigenvalue weighted by molar-refractivity contribution is 5.39. The van der Waals surface area contributed by atoms with E-state index in [1.165, 1.54) is 5.56 Å². The van der Waals surface area contributed by atoms with E-state index < -0.39 is 0 Å². The van der Waals surface area contributed by atoms with Gasteiger partial charge in [-0.15, -0.1) is 0 Å². The molecule has 1 fully saturated rings. The molecule has 0 spiro atoms. The van der Waals surface area contributed by atoms with E-state index in [1.54, 1.807) is 19.2 Å². The molecule has 140 valence electrons. The molecule has 5 nitrogen and oxygen atoms in total. The van der Waals surface area contributed by atoms with Crippen molar-refractivity contribution in [2.24, 2.45) is 0 Å². The second-order valence-corrected chi connectivity index (χ2v) is 6.62. The molecule has 26 heavy (non-hydrogen) atoms. The number of phenols is 1. The Morgan fingerprint density at radius 1 is 0.885 bits per heavy atom. The molecule has 0 radical (unpaired) electrons. The average Bonchev–Trinajstić information content (AvgIpc) is 2.67. The third-order valence-electron chi connectivity index (χ3n) is 4.79. The van der Waals surface area contributed by atoms with Gasteiger partial charge in [-0.3, -0.25) is 9.80 Å². The predicted octanol–water partition coefficient (Wildman–Crippen LogP) is 3.12. The van der Waals surface area contributed by atoms with Crippen LogP contribution in [0.2, 0.25) is 0 Å². The third kappa shape index (κ3) is 4.90. The summed E-state index contributed by atoms with van der Waals surface area (Å²) in [6.45, 7) is 8.45. The van der Waals surface area contributed by atoms with E-state index in [2.05, 4.69) is 21.9 Å². The maximum atomic E-state index is 10.1. The first-order chi connectivity index (χ1) is 12.7. The third-order valence-corrected chi connectivity index (χ3v) is 4.79. The lowest BCUT2D eigenvalue weighted by Gasteiger charge is -2.34. The maximum Gasteiger partial charge on any atom is 0.120 e. The number of piperazine rings is 1. The number of nitrogens with zero attached hydrogens (tertiary/aromatic N) is 2. The zero-order chi connectivity index (χ0) is 18.4. The molecule has 1 heterocycles. The number of aromatic hydroxyl groups is 1. The van der Waals surface area contributed by atoms with Crippen molar-refractivity contribution in [1.82, 2.24) is 9.80 Å². The van der Waals surface area contributed by atoms with Crippen LogP contribution < -0.4 is 9.47 Å². The van der Waals surface area contributed by atoms with Gasteiger partial charge < -0.3 is 14.6 Å². The fourth-order valence-electron chi connectivity index (χ4n) is 3.28. The van der Waals surface area contributed by atoms with Gasteiger partial charge in [0.2, 0.25) is 0 Å². The minimum absolute atomic E-state index is 0.336. The summed E-state index contributed by atoms with van der Waals surface area (Å²) in [4.78, 5) is 4.85. The van der Waals surface area contributed by atoms with Crippen molar-refractivity contribution in [2.75, 3.05) is 39.9 Å². The van der Waals surface area contributed by atoms with E-state index in [4.69, 9.17) is 9.47 Å². The molecule has 2 aromatic rings. The molecule has 5 heteroatoms. The lowest BCUT2D eigenvalue weighted by molar-refractivity contribution is 0.121. The van der Waals surface area contributed by atoms with Gasteiger partial charge in [0.15, 0.2) is 0 Å². The molecule has 0 unspecified atom stereocenters. The van der Waals surface area contributed by atoms with E-state index in [9.17, 15) is 5.11 Å². The van der Waals surface area contributed by atoms with Crippen molar-refractivity contribution in [2.45, 2.75) is 20.0 Å². The molecule has 2 aromatic carbocycles. The van der Waals surface area contributed by atoms with Gasteiger partial charge in [0.1, 0.15) is 17.2 Å². The molecule has 0 aromatic heterocycles. The van der Waals surface area contributed by atoms with Crippen molar-refractivity contribution in [3.8, 4) is 17.2 Å². The Labute approximate surface area is 155 Å². The number of phenolic OH excluding ortho intramolecular Hbond substituents is 1. The summed E-state index contributed by atoms with van der Waals surface area (Å²) in [5.74, 6) is 2.05. The second-order valence-electron chi connectivity index (χ2n) is 6.62. The quantitative estimate of drug-likeness (QED) is 0.826. The monoisotopic (exact) mass is 356 g/mol. The number of hydrogen-bond donors (Lipinski definition) is 1. The molecule has 0 saturated carbocycles. The van der Waals surface area contributed by atoms with Gasteiger partial charge in [0.25, 0.3) is 0 Å². The van der Waals surface area contributed by atoms with Crippen molar-refractivity contribution in [3.63, 3.8) is 0 Å². The fraction of sp³-hybridized carbons (Fsp3) is 0.429. The SMILES string of the molecule is CCOc1ccc(CN2CCN(Cc3cc(OC)ccc3O)CC2)cc1. The summed E-state index contributed by atoms with van der Waals surface area (Å²) < 4.78 is 10.8. The molecular formula is C21H28N2O3. The Balaban J connectivity index is 1.49. The normalized spacial score (nSPS) is 15.8. The highest BCUT2D eigenvalue weighted by Gasteiger charge is 2.18. The minimum atomic E-state index is 0.336. The van der Waals surface area contributed by atoms with E-state index >= 15 is 0 Å². The van der Waals surface area contributed by atoms with Gasteiger partial charge in [-0.2, -0.15) is 0 Å². The second kappa shape index (κ2) is 8.92. The first-order valence-electron chi connectivity index (χ1n) is 9.20. The molecule has 1 N–H and O–H groups in total. The smallest absolute Gasteiger partial charge is 0.120 e. The summed E-state index contributed by atoms with van der Waals surface area (Å²) in [7, 11) is 1.65. The highest BCUT2D eigenvalue weighted by atomic mass is 16.5. The Morgan fingerprint density at radius 3 is 2.12 bits per heavy atom. The number of rotatable bonds is 7. The van der Waals surface area contributed by atoms with Gasteiger partial charge >= 0.3 is 0 Å². The molecule has 0 aliphatic carbocycles. The predicted molar refractivity (Wildman–Crippen MR) is 103 cm³/mol. The summed E-state index contributed by atoms with van der Waals surface area (Å²) >= 11 is 0. The van der Waals surface area contributed by atoms with E-state index in [-0.39, 0.29) is 0 Å². The Bertz CT molecular complexity index is 695. The van der Waals surface area contributed by atoms with Crippen molar-refractivity contribution >= 4 is 0 Å². The lowest BCUT2D eigenvalue weighted by Crippen LogP contribution is -2.45. The fourth-order valence-corrected chi connectivity index (χ4v) is 3.28. The lowest BCUT2D eigenvalue weighted by atomic mass is 10.1. The van der Waals surface area contributed by atoms with E-state index in [0.29, 0.717) is 12.4 Å². The molecular weight excluding hydrogens is 328 g/mol. The van der Waals surface area contributed by atoms with Crippen LogP contribution in [-0.2, 0) is 13.1 Å². The van der Waals surface area contributed by atoms with Crippen LogP contribution in [0.1, 0.15) is 18.1 Å². The molecule has 1 aliphatic rings. The largest absolute Gasteiger partial charge is 0.508 e. The summed E-state index contributed by atoms with van der Waals surface area (Å²) in [6.07, 6.45) is 0. The summed E-state index contributed by atoms with van der Waals surface area (Å²) in [5.41, 5.74) is 2.23. The van der Waals surface area contributed by atoms with Crippen molar-refractivity contribution in [1.29, 1.82) is 0 Å². The number of hydrogen-bond acceptors (Lipinski definition) is 5. The van der Waals surface area contributed by atoms with Crippen LogP contribution in [0.5, 0.6) is 17.2 Å². The first-order valence-corrected chi connectivity index (χ1v) is 9.20. The summed E-state index contributed by atoms with van der Waals surface area (Å²) in [5, 5.41) is 10.1. The Hall–Kier alpha value is -2.24. The van der Waals surface area contributed by atoms with Crippen LogP contribution in [-0.4, -0.2) is 54.8 Å². The standard InChI is InChI=1S/C21H28N2O3/c1-3-26-19-6-4-17(5-7-19)15-22-10-12-23(13-11-22)16-18-14-20(25-2)8-9-21(18)24/h4-9,14,24H,3,10-13,15-16H2,1-2H3. The number of benzene rings is 2. The van der Waals surface area contributed by atoms with Crippen LogP contribution in [0, 0.1) is 0 Å². The van der Waals surface area contributed by atoms with Crippen LogP contribution >= 0.6 is 0 Å². The van der Waals surface area contributed by atoms with Gasteiger partial charge in [0, 0.05) is 44.8 Å². The minimum Gasteiger partial charge on any atom is -0.508 e. The Morgan fingerprint density at radius 2 is 1.50 bits per heavy atom. The topological polar surface area (TPSA) is 45.2 Å². The number of ether oxygens (including phenoxy) is 2. The van der Waals surface area contributed by atoms with Crippen LogP contribution in [0.4, 0.5) is 0 Å². The van der Waals surface area contributed by atoms with E-state index in [1.807, 2.05) is 25.1 Å². The van der Waals surface area contributed by atoms with Crippen molar-refractivity contribution < 1.29 is 14.6 Å². The van der Waals surface area contributed by atoms with Crippen molar-refractivity contribution in [3.05, 3.63) is 53.6 Å². The molecule has 3 rings (SSSR count). The van der Waals surface area contributed by atoms with Gasteiger partial charge in [-0.25, -0.2) is 0 Å². The highest BCUT2D eigenvalue weighted by Crippen LogP contribution is 2.24. The van der Waals surface area contributed by atoms with Gasteiger partial charge in [-0.05, 0) is 42.8 Å². The zero-order valence-electron chi connectivity index (χ0n) is 15.6. The molecule has 0 amide bonds. The molecule has 0 bridgehead atoms. The summed E-state index contributed by atoms with van der Waals surface area (Å²) in [6, 6.07) is 13.8. The Kier molecular flexibility index (Phi) is 6.36. The average molecular weight is 356 g/mol. The zero-order valence-corrected chi connectivity index (χ0v) is 15.6. The van der Waals surface area contributed by atoms with Gasteiger partial charge in [0.05, 0.1) is 13.7 Å². The van der Waals surface area contributed by atoms with Crippen LogP contribution in [0.15, 0.2) is 42.5 Å².